The number of anilines is 1. The van der Waals surface area contributed by atoms with Gasteiger partial charge in [-0.25, -0.2) is 14.6 Å². The van der Waals surface area contributed by atoms with Gasteiger partial charge in [0.25, 0.3) is 0 Å². The van der Waals surface area contributed by atoms with Crippen LogP contribution in [0.5, 0.6) is 0 Å². The molecule has 2 aromatic heterocycles. The molecule has 1 aliphatic rings. The van der Waals surface area contributed by atoms with Gasteiger partial charge in [0, 0.05) is 25.7 Å². The van der Waals surface area contributed by atoms with Gasteiger partial charge in [-0.15, -0.1) is 5.10 Å². The summed E-state index contributed by atoms with van der Waals surface area (Å²) in [4.78, 5) is 8.03. The number of hydrogen-bond donors (Lipinski definition) is 4. The summed E-state index contributed by atoms with van der Waals surface area (Å²) in [6, 6.07) is -0.191. The Hall–Kier alpha value is -1.84. The van der Waals surface area contributed by atoms with Crippen LogP contribution in [0.4, 0.5) is 5.82 Å². The third-order valence-corrected chi connectivity index (χ3v) is 4.45. The smallest absolute Gasteiger partial charge is 0.184 e. The Bertz CT molecular complexity index is 632. The predicted octanol–water partition coefficient (Wildman–Crippen LogP) is -1.43. The van der Waals surface area contributed by atoms with E-state index in [2.05, 4.69) is 20.3 Å². The molecule has 5 N–H and O–H groups in total. The van der Waals surface area contributed by atoms with Gasteiger partial charge in [-0.2, -0.15) is 0 Å². The lowest BCUT2D eigenvalue weighted by Crippen LogP contribution is -2.27. The zero-order valence-electron chi connectivity index (χ0n) is 11.4. The lowest BCUT2D eigenvalue weighted by molar-refractivity contribution is 0.0843. The number of hydrogen-bond acceptors (Lipinski definition) is 8. The fourth-order valence-corrected chi connectivity index (χ4v) is 3.33. The number of rotatable bonds is 4. The Kier molecular flexibility index (Phi) is 3.70. The van der Waals surface area contributed by atoms with Crippen molar-refractivity contribution in [1.82, 2.24) is 25.0 Å². The van der Waals surface area contributed by atoms with Crippen molar-refractivity contribution in [1.29, 1.82) is 0 Å². The second-order valence-electron chi connectivity index (χ2n) is 5.40. The first kappa shape index (κ1) is 14.1. The van der Waals surface area contributed by atoms with E-state index in [9.17, 15) is 15.3 Å². The van der Waals surface area contributed by atoms with E-state index < -0.39 is 0 Å². The summed E-state index contributed by atoms with van der Waals surface area (Å²) in [5.41, 5.74) is 6.67. The quantitative estimate of drug-likeness (QED) is 0.537. The van der Waals surface area contributed by atoms with Gasteiger partial charge >= 0.3 is 0 Å². The van der Waals surface area contributed by atoms with Gasteiger partial charge in [0.15, 0.2) is 17.0 Å². The molecule has 1 saturated carbocycles. The molecular formula is C12H18N6O3. The van der Waals surface area contributed by atoms with Crippen LogP contribution in [0.25, 0.3) is 11.2 Å². The summed E-state index contributed by atoms with van der Waals surface area (Å²) in [5, 5.41) is 36.7. The van der Waals surface area contributed by atoms with Crippen molar-refractivity contribution in [3.8, 4) is 0 Å². The lowest BCUT2D eigenvalue weighted by Gasteiger charge is -2.22. The maximum absolute atomic E-state index is 9.67. The number of fused-ring (bicyclic) bond motifs is 1. The van der Waals surface area contributed by atoms with Crippen molar-refractivity contribution in [2.45, 2.75) is 12.5 Å². The van der Waals surface area contributed by atoms with Gasteiger partial charge < -0.3 is 21.1 Å². The Labute approximate surface area is 120 Å². The minimum Gasteiger partial charge on any atom is -0.396 e. The molecule has 0 amide bonds. The summed E-state index contributed by atoms with van der Waals surface area (Å²) in [6.45, 7) is -0.229. The van der Waals surface area contributed by atoms with Gasteiger partial charge in [0.05, 0.1) is 6.04 Å². The van der Waals surface area contributed by atoms with Crippen LogP contribution >= 0.6 is 0 Å². The normalized spacial score (nSPS) is 29.3. The topological polar surface area (TPSA) is 143 Å². The van der Waals surface area contributed by atoms with E-state index in [1.54, 1.807) is 4.68 Å². The standard InChI is InChI=1S/C12H18N6O3/c13-11-10-12(15-5-14-11)18(17-16-10)9-1-6(2-19)7(3-20)8(9)4-21/h5-9,19-21H,1-4H2,(H2,13,14,15)/t6-,7-,8+,9-/m1/s1. The van der Waals surface area contributed by atoms with Crippen LogP contribution in [0.2, 0.25) is 0 Å². The highest BCUT2D eigenvalue weighted by Gasteiger charge is 2.44. The van der Waals surface area contributed by atoms with E-state index >= 15 is 0 Å². The third kappa shape index (κ3) is 2.13. The summed E-state index contributed by atoms with van der Waals surface area (Å²) >= 11 is 0. The zero-order chi connectivity index (χ0) is 15.0. The first-order valence-corrected chi connectivity index (χ1v) is 6.85. The van der Waals surface area contributed by atoms with Crippen molar-refractivity contribution in [2.75, 3.05) is 25.6 Å². The highest BCUT2D eigenvalue weighted by atomic mass is 16.3. The Morgan fingerprint density at radius 2 is 1.90 bits per heavy atom. The average Bonchev–Trinajstić information content (AvgIpc) is 3.07. The van der Waals surface area contributed by atoms with Crippen molar-refractivity contribution in [3.05, 3.63) is 6.33 Å². The lowest BCUT2D eigenvalue weighted by atomic mass is 9.90. The highest BCUT2D eigenvalue weighted by Crippen LogP contribution is 2.44. The summed E-state index contributed by atoms with van der Waals surface area (Å²) < 4.78 is 1.62. The molecule has 0 spiro atoms. The fraction of sp³-hybridized carbons (Fsp3) is 0.667. The fourth-order valence-electron chi connectivity index (χ4n) is 3.33. The molecular weight excluding hydrogens is 276 g/mol. The maximum Gasteiger partial charge on any atom is 0.184 e. The molecule has 0 radical (unpaired) electrons. The average molecular weight is 294 g/mol. The van der Waals surface area contributed by atoms with Crippen molar-refractivity contribution >= 4 is 17.0 Å². The van der Waals surface area contributed by atoms with Crippen LogP contribution in [-0.2, 0) is 0 Å². The van der Waals surface area contributed by atoms with Crippen molar-refractivity contribution in [2.24, 2.45) is 17.8 Å². The molecule has 2 aromatic rings. The van der Waals surface area contributed by atoms with Crippen molar-refractivity contribution < 1.29 is 15.3 Å². The van der Waals surface area contributed by atoms with Crippen LogP contribution in [-0.4, -0.2) is 60.1 Å². The first-order valence-electron chi connectivity index (χ1n) is 6.85. The zero-order valence-corrected chi connectivity index (χ0v) is 11.4. The maximum atomic E-state index is 9.67. The molecule has 9 heteroatoms. The minimum absolute atomic E-state index is 0.0397. The Balaban J connectivity index is 2.03. The van der Waals surface area contributed by atoms with E-state index in [1.807, 2.05) is 0 Å². The van der Waals surface area contributed by atoms with E-state index in [1.165, 1.54) is 6.33 Å². The van der Waals surface area contributed by atoms with Gasteiger partial charge in [0.1, 0.15) is 6.33 Å². The van der Waals surface area contributed by atoms with Gasteiger partial charge in [0.2, 0.25) is 0 Å². The molecule has 0 aliphatic heterocycles. The van der Waals surface area contributed by atoms with Crippen LogP contribution in [0.3, 0.4) is 0 Å². The van der Waals surface area contributed by atoms with Crippen molar-refractivity contribution in [3.63, 3.8) is 0 Å². The SMILES string of the molecule is Nc1ncnc2c1nnn2[C@@H]1C[C@H](CO)[C@@H](CO)[C@@H]1CO. The van der Waals surface area contributed by atoms with Gasteiger partial charge in [-0.3, -0.25) is 0 Å². The number of nitrogens with zero attached hydrogens (tertiary/aromatic N) is 5. The van der Waals surface area contributed by atoms with Crippen LogP contribution in [0.15, 0.2) is 6.33 Å². The van der Waals surface area contributed by atoms with Crippen LogP contribution in [0, 0.1) is 17.8 Å². The summed E-state index contributed by atoms with van der Waals surface area (Å²) in [5.74, 6) is -0.227. The van der Waals surface area contributed by atoms with E-state index in [4.69, 9.17) is 5.73 Å². The highest BCUT2D eigenvalue weighted by molar-refractivity contribution is 5.80. The Morgan fingerprint density at radius 1 is 1.14 bits per heavy atom. The molecule has 0 saturated heterocycles. The number of nitrogen functional groups attached to an aromatic ring is 1. The second-order valence-corrected chi connectivity index (χ2v) is 5.40. The van der Waals surface area contributed by atoms with E-state index in [-0.39, 0.29) is 49.4 Å². The molecule has 9 nitrogen and oxygen atoms in total. The number of aliphatic hydroxyl groups is 3. The molecule has 0 aromatic carbocycles. The molecule has 114 valence electrons. The molecule has 21 heavy (non-hydrogen) atoms. The van der Waals surface area contributed by atoms with Crippen LogP contribution < -0.4 is 5.73 Å². The van der Waals surface area contributed by atoms with Gasteiger partial charge in [-0.1, -0.05) is 5.21 Å². The molecule has 4 atom stereocenters. The largest absolute Gasteiger partial charge is 0.396 e. The minimum atomic E-state index is -0.215. The summed E-state index contributed by atoms with van der Waals surface area (Å²) in [7, 11) is 0. The first-order chi connectivity index (χ1) is 10.2. The number of nitrogens with two attached hydrogens (primary N) is 1. The number of aromatic nitrogens is 5. The Morgan fingerprint density at radius 3 is 2.57 bits per heavy atom. The monoisotopic (exact) mass is 294 g/mol. The summed E-state index contributed by atoms with van der Waals surface area (Å²) in [6.07, 6.45) is 1.93. The van der Waals surface area contributed by atoms with E-state index in [0.717, 1.165) is 0 Å². The molecule has 1 aliphatic carbocycles. The van der Waals surface area contributed by atoms with E-state index in [0.29, 0.717) is 17.6 Å². The molecule has 2 heterocycles. The molecule has 3 rings (SSSR count). The molecule has 1 fully saturated rings. The third-order valence-electron chi connectivity index (χ3n) is 4.45. The second kappa shape index (κ2) is 5.51. The number of aliphatic hydroxyl groups excluding tert-OH is 3. The van der Waals surface area contributed by atoms with Gasteiger partial charge in [-0.05, 0) is 18.3 Å². The molecule has 0 unspecified atom stereocenters. The predicted molar refractivity (Wildman–Crippen MR) is 72.9 cm³/mol. The molecule has 0 bridgehead atoms. The van der Waals surface area contributed by atoms with Crippen LogP contribution in [0.1, 0.15) is 12.5 Å².